The third-order valence-corrected chi connectivity index (χ3v) is 4.11. The van der Waals surface area contributed by atoms with Gasteiger partial charge in [0.2, 0.25) is 0 Å². The number of carbonyl (C=O) groups is 1. The van der Waals surface area contributed by atoms with E-state index in [0.717, 1.165) is 17.7 Å². The maximum absolute atomic E-state index is 13.4. The number of nitrogens with one attached hydrogen (secondary N) is 1. The fraction of sp³-hybridized carbons (Fsp3) is 0.211. The van der Waals surface area contributed by atoms with Gasteiger partial charge in [-0.25, -0.2) is 8.78 Å². The molecule has 5 nitrogen and oxygen atoms in total. The molecule has 1 aromatic carbocycles. The van der Waals surface area contributed by atoms with E-state index in [2.05, 4.69) is 15.2 Å². The zero-order valence-corrected chi connectivity index (χ0v) is 14.2. The van der Waals surface area contributed by atoms with E-state index < -0.39 is 11.6 Å². The predicted molar refractivity (Wildman–Crippen MR) is 93.5 cm³/mol. The molecule has 1 amide bonds. The molecule has 0 aliphatic rings. The molecule has 134 valence electrons. The van der Waals surface area contributed by atoms with Gasteiger partial charge >= 0.3 is 0 Å². The van der Waals surface area contributed by atoms with Crippen LogP contribution in [0.3, 0.4) is 0 Å². The van der Waals surface area contributed by atoms with Crippen molar-refractivity contribution >= 4 is 5.91 Å². The summed E-state index contributed by atoms with van der Waals surface area (Å²) in [6.07, 6.45) is 4.15. The van der Waals surface area contributed by atoms with E-state index in [1.165, 1.54) is 6.07 Å². The molecule has 0 fully saturated rings. The summed E-state index contributed by atoms with van der Waals surface area (Å²) in [6.45, 7) is 3.00. The van der Waals surface area contributed by atoms with Gasteiger partial charge in [0.25, 0.3) is 5.91 Å². The first-order chi connectivity index (χ1) is 12.6. The highest BCUT2D eigenvalue weighted by Gasteiger charge is 2.18. The Hall–Kier alpha value is -3.09. The molecule has 0 aliphatic carbocycles. The summed E-state index contributed by atoms with van der Waals surface area (Å²) in [5.74, 6) is -2.07. The summed E-state index contributed by atoms with van der Waals surface area (Å²) in [7, 11) is 0. The molecule has 2 aromatic heterocycles. The van der Waals surface area contributed by atoms with Gasteiger partial charge < -0.3 is 4.90 Å². The standard InChI is InChI=1S/C19H18F2N4O/c1-2-25(10-7-13-5-8-22-9-6-13)19(26)18-12-17(23-24-18)14-3-4-15(20)16(21)11-14/h3-6,8-9,11-12H,2,7,10H2,1H3,(H,23,24). The third kappa shape index (κ3) is 3.93. The number of aromatic nitrogens is 3. The number of benzene rings is 1. The van der Waals surface area contributed by atoms with Gasteiger partial charge in [-0.05, 0) is 55.3 Å². The number of pyridine rings is 1. The zero-order chi connectivity index (χ0) is 18.5. The van der Waals surface area contributed by atoms with Crippen molar-refractivity contribution in [3.05, 3.63) is 71.7 Å². The van der Waals surface area contributed by atoms with E-state index in [4.69, 9.17) is 0 Å². The minimum absolute atomic E-state index is 0.192. The highest BCUT2D eigenvalue weighted by molar-refractivity contribution is 5.93. The van der Waals surface area contributed by atoms with Crippen LogP contribution in [0.4, 0.5) is 8.78 Å². The summed E-state index contributed by atoms with van der Waals surface area (Å²) in [6, 6.07) is 8.88. The van der Waals surface area contributed by atoms with Crippen molar-refractivity contribution in [3.63, 3.8) is 0 Å². The summed E-state index contributed by atoms with van der Waals surface area (Å²) in [5, 5.41) is 6.73. The predicted octanol–water partition coefficient (Wildman–Crippen LogP) is 3.45. The molecular formula is C19H18F2N4O. The minimum Gasteiger partial charge on any atom is -0.337 e. The van der Waals surface area contributed by atoms with Crippen LogP contribution < -0.4 is 0 Å². The van der Waals surface area contributed by atoms with Gasteiger partial charge in [-0.15, -0.1) is 0 Å². The first kappa shape index (κ1) is 17.7. The number of H-pyrrole nitrogens is 1. The van der Waals surface area contributed by atoms with E-state index in [0.29, 0.717) is 36.5 Å². The van der Waals surface area contributed by atoms with Gasteiger partial charge in [0.15, 0.2) is 11.6 Å². The first-order valence-corrected chi connectivity index (χ1v) is 8.27. The van der Waals surface area contributed by atoms with Crippen molar-refractivity contribution in [3.8, 4) is 11.3 Å². The van der Waals surface area contributed by atoms with Crippen LogP contribution in [-0.4, -0.2) is 39.1 Å². The van der Waals surface area contributed by atoms with Crippen LogP contribution in [-0.2, 0) is 6.42 Å². The number of halogens is 2. The lowest BCUT2D eigenvalue weighted by Gasteiger charge is -2.19. The molecule has 0 atom stereocenters. The van der Waals surface area contributed by atoms with Crippen molar-refractivity contribution < 1.29 is 13.6 Å². The van der Waals surface area contributed by atoms with E-state index >= 15 is 0 Å². The van der Waals surface area contributed by atoms with E-state index in [1.54, 1.807) is 23.4 Å². The van der Waals surface area contributed by atoms with Crippen molar-refractivity contribution in [1.82, 2.24) is 20.1 Å². The van der Waals surface area contributed by atoms with E-state index in [9.17, 15) is 13.6 Å². The highest BCUT2D eigenvalue weighted by Crippen LogP contribution is 2.20. The normalized spacial score (nSPS) is 10.7. The van der Waals surface area contributed by atoms with Crippen molar-refractivity contribution in [2.45, 2.75) is 13.3 Å². The average Bonchev–Trinajstić information content (AvgIpc) is 3.15. The second-order valence-electron chi connectivity index (χ2n) is 5.79. The average molecular weight is 356 g/mol. The van der Waals surface area contributed by atoms with Gasteiger partial charge in [0.05, 0.1) is 5.69 Å². The fourth-order valence-electron chi connectivity index (χ4n) is 2.62. The van der Waals surface area contributed by atoms with Gasteiger partial charge in [-0.2, -0.15) is 5.10 Å². The smallest absolute Gasteiger partial charge is 0.271 e. The monoisotopic (exact) mass is 356 g/mol. The first-order valence-electron chi connectivity index (χ1n) is 8.27. The van der Waals surface area contributed by atoms with Crippen LogP contribution in [0.5, 0.6) is 0 Å². The second kappa shape index (κ2) is 7.86. The Morgan fingerprint density at radius 2 is 1.88 bits per heavy atom. The lowest BCUT2D eigenvalue weighted by molar-refractivity contribution is 0.0760. The molecule has 2 heterocycles. The van der Waals surface area contributed by atoms with Crippen molar-refractivity contribution in [2.24, 2.45) is 0 Å². The molecular weight excluding hydrogens is 338 g/mol. The number of rotatable bonds is 6. The number of hydrogen-bond acceptors (Lipinski definition) is 3. The molecule has 0 unspecified atom stereocenters. The SMILES string of the molecule is CCN(CCc1ccncc1)C(=O)c1cc(-c2ccc(F)c(F)c2)n[nH]1. The topological polar surface area (TPSA) is 61.9 Å². The van der Waals surface area contributed by atoms with E-state index in [1.807, 2.05) is 19.1 Å². The molecule has 7 heteroatoms. The van der Waals surface area contributed by atoms with Gasteiger partial charge in [0, 0.05) is 31.0 Å². The summed E-state index contributed by atoms with van der Waals surface area (Å²) in [4.78, 5) is 18.3. The molecule has 3 aromatic rings. The molecule has 0 saturated carbocycles. The van der Waals surface area contributed by atoms with Gasteiger partial charge in [-0.3, -0.25) is 14.9 Å². The molecule has 0 bridgehead atoms. The van der Waals surface area contributed by atoms with Crippen LogP contribution in [0, 0.1) is 11.6 Å². The zero-order valence-electron chi connectivity index (χ0n) is 14.2. The van der Waals surface area contributed by atoms with Crippen LogP contribution >= 0.6 is 0 Å². The van der Waals surface area contributed by atoms with Crippen LogP contribution in [0.1, 0.15) is 23.0 Å². The molecule has 1 N–H and O–H groups in total. The van der Waals surface area contributed by atoms with Crippen molar-refractivity contribution in [1.29, 1.82) is 0 Å². The largest absolute Gasteiger partial charge is 0.337 e. The number of carbonyl (C=O) groups excluding carboxylic acids is 1. The fourth-order valence-corrected chi connectivity index (χ4v) is 2.62. The van der Waals surface area contributed by atoms with Gasteiger partial charge in [0.1, 0.15) is 5.69 Å². The Bertz CT molecular complexity index is 896. The quantitative estimate of drug-likeness (QED) is 0.736. The van der Waals surface area contributed by atoms with Crippen LogP contribution in [0.25, 0.3) is 11.3 Å². The van der Waals surface area contributed by atoms with Crippen LogP contribution in [0.15, 0.2) is 48.8 Å². The van der Waals surface area contributed by atoms with Crippen LogP contribution in [0.2, 0.25) is 0 Å². The maximum atomic E-state index is 13.4. The lowest BCUT2D eigenvalue weighted by atomic mass is 10.1. The second-order valence-corrected chi connectivity index (χ2v) is 5.79. The number of aromatic amines is 1. The maximum Gasteiger partial charge on any atom is 0.271 e. The van der Waals surface area contributed by atoms with Gasteiger partial charge in [-0.1, -0.05) is 0 Å². The molecule has 3 rings (SSSR count). The molecule has 26 heavy (non-hydrogen) atoms. The summed E-state index contributed by atoms with van der Waals surface area (Å²) in [5.41, 5.74) is 2.19. The van der Waals surface area contributed by atoms with Crippen molar-refractivity contribution in [2.75, 3.05) is 13.1 Å². The number of hydrogen-bond donors (Lipinski definition) is 1. The Morgan fingerprint density at radius 1 is 1.12 bits per heavy atom. The van der Waals surface area contributed by atoms with E-state index in [-0.39, 0.29) is 5.91 Å². The summed E-state index contributed by atoms with van der Waals surface area (Å²) >= 11 is 0. The Balaban J connectivity index is 1.72. The number of likely N-dealkylation sites (N-methyl/N-ethyl adjacent to an activating group) is 1. The third-order valence-electron chi connectivity index (χ3n) is 4.11. The Kier molecular flexibility index (Phi) is 5.36. The Labute approximate surface area is 149 Å². The number of amides is 1. The Morgan fingerprint density at radius 3 is 2.58 bits per heavy atom. The molecule has 0 radical (unpaired) electrons. The molecule has 0 spiro atoms. The lowest BCUT2D eigenvalue weighted by Crippen LogP contribution is -2.33. The highest BCUT2D eigenvalue weighted by atomic mass is 19.2. The minimum atomic E-state index is -0.953. The molecule has 0 aliphatic heterocycles. The summed E-state index contributed by atoms with van der Waals surface area (Å²) < 4.78 is 26.4. The molecule has 0 saturated heterocycles. The number of nitrogens with zero attached hydrogens (tertiary/aromatic N) is 3.